The van der Waals surface area contributed by atoms with Crippen LogP contribution in [-0.4, -0.2) is 32.0 Å². The highest BCUT2D eigenvalue weighted by Gasteiger charge is 2.18. The number of ether oxygens (including phenoxy) is 2. The van der Waals surface area contributed by atoms with Gasteiger partial charge in [0.1, 0.15) is 29.5 Å². The van der Waals surface area contributed by atoms with Crippen LogP contribution in [0.25, 0.3) is 16.6 Å². The van der Waals surface area contributed by atoms with E-state index >= 15 is 4.39 Å². The van der Waals surface area contributed by atoms with E-state index in [1.165, 1.54) is 24.5 Å². The molecule has 0 aliphatic rings. The minimum atomic E-state index is -0.686. The predicted octanol–water partition coefficient (Wildman–Crippen LogP) is 4.40. The number of nitrogens with two attached hydrogens (primary N) is 1. The van der Waals surface area contributed by atoms with Crippen LogP contribution in [0.5, 0.6) is 11.5 Å². The van der Waals surface area contributed by atoms with Crippen LogP contribution in [0, 0.1) is 30.4 Å². The minimum Gasteiger partial charge on any atom is -0.457 e. The zero-order chi connectivity index (χ0) is 28.4. The molecule has 1 unspecified atom stereocenters. The van der Waals surface area contributed by atoms with E-state index in [0.29, 0.717) is 22.5 Å². The van der Waals surface area contributed by atoms with Gasteiger partial charge in [0.2, 0.25) is 0 Å². The second-order valence-electron chi connectivity index (χ2n) is 8.77. The van der Waals surface area contributed by atoms with Crippen LogP contribution in [-0.2, 0) is 9.53 Å². The molecule has 0 spiro atoms. The Hall–Kier alpha value is -5.31. The summed E-state index contributed by atoms with van der Waals surface area (Å²) in [6.45, 7) is 5.54. The summed E-state index contributed by atoms with van der Waals surface area (Å²) in [6, 6.07) is 8.76. The number of halogens is 2. The lowest BCUT2D eigenvalue weighted by Crippen LogP contribution is -2.42. The molecule has 0 bridgehead atoms. The molecule has 3 aromatic heterocycles. The number of aryl methyl sites for hydroxylation is 1. The summed E-state index contributed by atoms with van der Waals surface area (Å²) in [7, 11) is 0. The standard InChI is InChI=1S/C28H24F2N7O3/c1-4-39-25(38)8-5-17(3)37-15-34-24-12-18(9-10-36(24)37)40-23-13-19(29)22(11-16(23)2)35-28-26-21(32-14-33-28)7-6-20(31)27(26)30/h6-7,9-15,17H,4,31H2,1-3H3,(H,32,33,35)/q+1. The summed E-state index contributed by atoms with van der Waals surface area (Å²) in [5, 5.41) is 2.91. The zero-order valence-corrected chi connectivity index (χ0v) is 21.8. The molecule has 10 nitrogen and oxygen atoms in total. The average Bonchev–Trinajstić information content (AvgIpc) is 3.36. The van der Waals surface area contributed by atoms with E-state index in [0.717, 1.165) is 0 Å². The number of hydrogen-bond donors (Lipinski definition) is 2. The van der Waals surface area contributed by atoms with Gasteiger partial charge in [-0.05, 0) is 55.4 Å². The Morgan fingerprint density at radius 1 is 1.20 bits per heavy atom. The lowest BCUT2D eigenvalue weighted by molar-refractivity contribution is -0.770. The Bertz CT molecular complexity index is 1830. The smallest absolute Gasteiger partial charge is 0.384 e. The van der Waals surface area contributed by atoms with Crippen molar-refractivity contribution in [1.82, 2.24) is 19.5 Å². The minimum absolute atomic E-state index is 0.0614. The Balaban J connectivity index is 1.38. The van der Waals surface area contributed by atoms with Gasteiger partial charge in [-0.15, -0.1) is 9.20 Å². The largest absolute Gasteiger partial charge is 0.457 e. The van der Waals surface area contributed by atoms with Crippen molar-refractivity contribution in [3.63, 3.8) is 0 Å². The summed E-state index contributed by atoms with van der Waals surface area (Å²) in [6.07, 6.45) is 4.57. The summed E-state index contributed by atoms with van der Waals surface area (Å²) in [4.78, 5) is 24.0. The second kappa shape index (κ2) is 10.8. The maximum atomic E-state index is 15.2. The first-order valence-electron chi connectivity index (χ1n) is 12.3. The fourth-order valence-corrected chi connectivity index (χ4v) is 4.02. The van der Waals surface area contributed by atoms with E-state index in [4.69, 9.17) is 15.2 Å². The molecule has 40 heavy (non-hydrogen) atoms. The third-order valence-corrected chi connectivity index (χ3v) is 6.01. The lowest BCUT2D eigenvalue weighted by Gasteiger charge is -2.14. The molecule has 0 aliphatic carbocycles. The quantitative estimate of drug-likeness (QED) is 0.106. The summed E-state index contributed by atoms with van der Waals surface area (Å²) < 4.78 is 44.1. The number of nitrogens with zero attached hydrogens (tertiary/aromatic N) is 5. The van der Waals surface area contributed by atoms with Gasteiger partial charge < -0.3 is 20.5 Å². The van der Waals surface area contributed by atoms with Gasteiger partial charge in [-0.1, -0.05) is 0 Å². The molecule has 0 aliphatic heterocycles. The van der Waals surface area contributed by atoms with Gasteiger partial charge in [-0.2, -0.15) is 0 Å². The van der Waals surface area contributed by atoms with Gasteiger partial charge in [-0.25, -0.2) is 23.5 Å². The van der Waals surface area contributed by atoms with Crippen LogP contribution in [0.3, 0.4) is 0 Å². The average molecular weight is 545 g/mol. The highest BCUT2D eigenvalue weighted by Crippen LogP contribution is 2.33. The Labute approximate surface area is 227 Å². The molecule has 0 amide bonds. The van der Waals surface area contributed by atoms with Crippen molar-refractivity contribution in [3.8, 4) is 23.3 Å². The van der Waals surface area contributed by atoms with E-state index in [9.17, 15) is 9.18 Å². The van der Waals surface area contributed by atoms with Crippen LogP contribution in [0.2, 0.25) is 0 Å². The van der Waals surface area contributed by atoms with E-state index in [-0.39, 0.29) is 41.0 Å². The Morgan fingerprint density at radius 2 is 2.02 bits per heavy atom. The second-order valence-corrected chi connectivity index (χ2v) is 8.77. The summed E-state index contributed by atoms with van der Waals surface area (Å²) in [5.41, 5.74) is 7.21. The molecular weight excluding hydrogens is 520 g/mol. The molecule has 202 valence electrons. The first-order chi connectivity index (χ1) is 19.2. The van der Waals surface area contributed by atoms with Gasteiger partial charge in [-0.3, -0.25) is 0 Å². The normalized spacial score (nSPS) is 11.6. The van der Waals surface area contributed by atoms with Crippen molar-refractivity contribution in [3.05, 3.63) is 72.4 Å². The molecule has 1 atom stereocenters. The molecule has 0 fully saturated rings. The number of rotatable bonds is 6. The number of benzene rings is 2. The summed E-state index contributed by atoms with van der Waals surface area (Å²) in [5.74, 6) is 4.17. The highest BCUT2D eigenvalue weighted by atomic mass is 19.1. The number of hydrogen-bond acceptors (Lipinski definition) is 8. The summed E-state index contributed by atoms with van der Waals surface area (Å²) >= 11 is 0. The van der Waals surface area contributed by atoms with E-state index in [2.05, 4.69) is 32.1 Å². The molecule has 0 saturated carbocycles. The van der Waals surface area contributed by atoms with Crippen molar-refractivity contribution in [2.24, 2.45) is 0 Å². The number of nitrogen functional groups attached to an aromatic ring is 1. The van der Waals surface area contributed by atoms with Crippen LogP contribution in [0.1, 0.15) is 25.5 Å². The lowest BCUT2D eigenvalue weighted by atomic mass is 10.1. The molecule has 5 aromatic rings. The third-order valence-electron chi connectivity index (χ3n) is 6.01. The molecule has 0 saturated heterocycles. The van der Waals surface area contributed by atoms with Gasteiger partial charge in [0.15, 0.2) is 11.9 Å². The highest BCUT2D eigenvalue weighted by molar-refractivity contribution is 5.93. The van der Waals surface area contributed by atoms with Crippen molar-refractivity contribution in [2.45, 2.75) is 26.8 Å². The predicted molar refractivity (Wildman–Crippen MR) is 143 cm³/mol. The zero-order valence-electron chi connectivity index (χ0n) is 21.8. The monoisotopic (exact) mass is 544 g/mol. The number of carbonyl (C=O) groups is 1. The Morgan fingerprint density at radius 3 is 2.83 bits per heavy atom. The fourth-order valence-electron chi connectivity index (χ4n) is 4.02. The maximum Gasteiger partial charge on any atom is 0.384 e. The van der Waals surface area contributed by atoms with Crippen molar-refractivity contribution in [2.75, 3.05) is 17.7 Å². The molecule has 3 heterocycles. The van der Waals surface area contributed by atoms with E-state index in [1.54, 1.807) is 53.8 Å². The molecule has 12 heteroatoms. The number of aromatic nitrogens is 5. The SMILES string of the molecule is CCOC(=O)C#CC(C)[n+]1cnc2cc(Oc3cc(F)c(Nc4ncnc5ccc(N)c(F)c45)cc3C)ccn21. The number of fused-ring (bicyclic) bond motifs is 2. The maximum absolute atomic E-state index is 15.2. The first kappa shape index (κ1) is 26.3. The number of esters is 1. The van der Waals surface area contributed by atoms with Gasteiger partial charge >= 0.3 is 12.3 Å². The molecule has 2 aromatic carbocycles. The molecule has 5 rings (SSSR count). The van der Waals surface area contributed by atoms with E-state index in [1.807, 2.05) is 6.92 Å². The Kier molecular flexibility index (Phi) is 7.11. The number of anilines is 3. The van der Waals surface area contributed by atoms with Crippen molar-refractivity contribution in [1.29, 1.82) is 0 Å². The van der Waals surface area contributed by atoms with Crippen LogP contribution in [0.15, 0.2) is 55.2 Å². The fraction of sp³-hybridized carbons (Fsp3) is 0.179. The van der Waals surface area contributed by atoms with Gasteiger partial charge in [0.05, 0.1) is 41.1 Å². The molecule has 0 radical (unpaired) electrons. The number of pyridine rings is 1. The molecular formula is C28H24F2N7O3+. The van der Waals surface area contributed by atoms with E-state index < -0.39 is 17.6 Å². The molecule has 3 N–H and O–H groups in total. The van der Waals surface area contributed by atoms with Gasteiger partial charge in [0, 0.05) is 18.1 Å². The van der Waals surface area contributed by atoms with Crippen LogP contribution in [0.4, 0.5) is 26.0 Å². The third kappa shape index (κ3) is 5.17. The van der Waals surface area contributed by atoms with Crippen molar-refractivity contribution < 1.29 is 27.7 Å². The topological polar surface area (TPSA) is 121 Å². The number of carbonyl (C=O) groups excluding carboxylic acids is 1. The number of nitrogens with one attached hydrogen (secondary N) is 1. The van der Waals surface area contributed by atoms with Gasteiger partial charge in [0.25, 0.3) is 5.65 Å². The first-order valence-corrected chi connectivity index (χ1v) is 12.3. The van der Waals surface area contributed by atoms with Crippen LogP contribution >= 0.6 is 0 Å². The van der Waals surface area contributed by atoms with Crippen molar-refractivity contribution >= 4 is 39.7 Å². The van der Waals surface area contributed by atoms with Crippen LogP contribution < -0.4 is 20.5 Å².